The van der Waals surface area contributed by atoms with E-state index in [9.17, 15) is 9.18 Å². The van der Waals surface area contributed by atoms with Crippen molar-refractivity contribution in [2.45, 2.75) is 0 Å². The Balaban J connectivity index is 2.13. The highest BCUT2D eigenvalue weighted by atomic mass is 32.1. The molecule has 0 radical (unpaired) electrons. The quantitative estimate of drug-likeness (QED) is 0.738. The predicted molar refractivity (Wildman–Crippen MR) is 68.5 cm³/mol. The first-order valence-electron chi connectivity index (χ1n) is 5.26. The molecule has 1 aromatic carbocycles. The molecule has 0 spiro atoms. The van der Waals surface area contributed by atoms with Crippen LogP contribution in [0.4, 0.5) is 4.39 Å². The Bertz CT molecular complexity index is 744. The maximum absolute atomic E-state index is 13.6. The normalized spacial score (nSPS) is 10.9. The van der Waals surface area contributed by atoms with Gasteiger partial charge in [0.05, 0.1) is 15.3 Å². The molecule has 0 saturated heterocycles. The van der Waals surface area contributed by atoms with Crippen LogP contribution < -0.4 is 0 Å². The first kappa shape index (κ1) is 11.0. The molecule has 3 rings (SSSR count). The lowest BCUT2D eigenvalue weighted by Crippen LogP contribution is -1.95. The van der Waals surface area contributed by atoms with Gasteiger partial charge in [0.2, 0.25) is 0 Å². The van der Waals surface area contributed by atoms with Crippen molar-refractivity contribution in [3.8, 4) is 10.6 Å². The lowest BCUT2D eigenvalue weighted by atomic mass is 10.2. The molecule has 3 nitrogen and oxygen atoms in total. The van der Waals surface area contributed by atoms with Crippen molar-refractivity contribution in [3.63, 3.8) is 0 Å². The number of aromatic carboxylic acids is 1. The molecule has 0 fully saturated rings. The minimum Gasteiger partial charge on any atom is -0.477 e. The highest BCUT2D eigenvalue weighted by Gasteiger charge is 2.11. The summed E-state index contributed by atoms with van der Waals surface area (Å²) in [5.74, 6) is -1.26. The molecule has 3 aromatic rings. The molecule has 18 heavy (non-hydrogen) atoms. The summed E-state index contributed by atoms with van der Waals surface area (Å²) >= 11 is 1.30. The molecular weight excluding hydrogens is 253 g/mol. The fourth-order valence-corrected chi connectivity index (χ4v) is 2.87. The number of aromatic nitrogens is 1. The number of benzene rings is 1. The second-order valence-corrected chi connectivity index (χ2v) is 4.91. The van der Waals surface area contributed by atoms with E-state index in [1.807, 2.05) is 12.1 Å². The minimum absolute atomic E-state index is 0.128. The van der Waals surface area contributed by atoms with Gasteiger partial charge in [-0.25, -0.2) is 9.18 Å². The third-order valence-corrected chi connectivity index (χ3v) is 3.87. The highest BCUT2D eigenvalue weighted by molar-refractivity contribution is 7.22. The summed E-state index contributed by atoms with van der Waals surface area (Å²) in [7, 11) is 0. The number of H-pyrrole nitrogens is 1. The molecule has 90 valence electrons. The fraction of sp³-hybridized carbons (Fsp3) is 0. The number of fused-ring (bicyclic) bond motifs is 1. The van der Waals surface area contributed by atoms with Gasteiger partial charge in [-0.3, -0.25) is 0 Å². The summed E-state index contributed by atoms with van der Waals surface area (Å²) < 4.78 is 14.1. The Morgan fingerprint density at radius 1 is 1.28 bits per heavy atom. The summed E-state index contributed by atoms with van der Waals surface area (Å²) in [6.07, 6.45) is 0. The van der Waals surface area contributed by atoms with Crippen LogP contribution >= 0.6 is 11.3 Å². The number of carboxylic acid groups (broad SMARTS) is 1. The maximum atomic E-state index is 13.6. The van der Waals surface area contributed by atoms with Crippen molar-refractivity contribution >= 4 is 27.4 Å². The molecule has 0 aliphatic heterocycles. The van der Waals surface area contributed by atoms with Gasteiger partial charge < -0.3 is 10.1 Å². The molecule has 0 unspecified atom stereocenters. The van der Waals surface area contributed by atoms with Crippen molar-refractivity contribution in [1.29, 1.82) is 0 Å². The second-order valence-electron chi connectivity index (χ2n) is 3.86. The Kier molecular flexibility index (Phi) is 2.41. The van der Waals surface area contributed by atoms with Gasteiger partial charge in [-0.05, 0) is 29.7 Å². The number of thiophene rings is 1. The number of hydrogen-bond acceptors (Lipinski definition) is 2. The first-order valence-corrected chi connectivity index (χ1v) is 6.07. The zero-order valence-corrected chi connectivity index (χ0v) is 9.92. The van der Waals surface area contributed by atoms with Gasteiger partial charge in [-0.15, -0.1) is 11.3 Å². The lowest BCUT2D eigenvalue weighted by molar-refractivity contribution is 0.0691. The van der Waals surface area contributed by atoms with Crippen LogP contribution in [0.2, 0.25) is 0 Å². The smallest absolute Gasteiger partial charge is 0.352 e. The maximum Gasteiger partial charge on any atom is 0.352 e. The number of aromatic amines is 1. The molecule has 0 atom stereocenters. The number of halogens is 1. The van der Waals surface area contributed by atoms with E-state index in [4.69, 9.17) is 5.11 Å². The van der Waals surface area contributed by atoms with Gasteiger partial charge in [-0.2, -0.15) is 0 Å². The second kappa shape index (κ2) is 3.96. The number of hydrogen-bond donors (Lipinski definition) is 2. The topological polar surface area (TPSA) is 53.1 Å². The molecule has 0 aliphatic rings. The zero-order chi connectivity index (χ0) is 12.7. The average Bonchev–Trinajstić information content (AvgIpc) is 2.95. The summed E-state index contributed by atoms with van der Waals surface area (Å²) in [6, 6.07) is 9.94. The molecular formula is C13H8FNO2S. The largest absolute Gasteiger partial charge is 0.477 e. The molecule has 0 bridgehead atoms. The summed E-state index contributed by atoms with van der Waals surface area (Å²) in [5, 5.41) is 9.66. The summed E-state index contributed by atoms with van der Waals surface area (Å²) in [4.78, 5) is 14.4. The molecule has 2 heterocycles. The van der Waals surface area contributed by atoms with Crippen LogP contribution in [0.1, 0.15) is 10.5 Å². The monoisotopic (exact) mass is 261 g/mol. The number of rotatable bonds is 2. The van der Waals surface area contributed by atoms with Crippen LogP contribution in [0.15, 0.2) is 36.4 Å². The van der Waals surface area contributed by atoms with Crippen LogP contribution in [-0.4, -0.2) is 16.1 Å². The van der Waals surface area contributed by atoms with E-state index in [0.29, 0.717) is 10.4 Å². The van der Waals surface area contributed by atoms with Crippen LogP contribution in [0.5, 0.6) is 0 Å². The van der Waals surface area contributed by atoms with Crippen LogP contribution in [0.25, 0.3) is 20.7 Å². The standard InChI is InChI=1S/C13H8FNO2S/c14-8-3-1-2-7-6-11(18-12(7)8)9-4-5-10(15-9)13(16)17/h1-6,15H,(H,16,17). The third kappa shape index (κ3) is 1.69. The Hall–Kier alpha value is -2.14. The van der Waals surface area contributed by atoms with Crippen LogP contribution in [0, 0.1) is 5.82 Å². The van der Waals surface area contributed by atoms with Crippen LogP contribution in [-0.2, 0) is 0 Å². The van der Waals surface area contributed by atoms with E-state index in [1.54, 1.807) is 12.1 Å². The summed E-state index contributed by atoms with van der Waals surface area (Å²) in [5.41, 5.74) is 0.816. The van der Waals surface area contributed by atoms with Crippen molar-refractivity contribution in [3.05, 3.63) is 47.9 Å². The van der Waals surface area contributed by atoms with Crippen LogP contribution in [0.3, 0.4) is 0 Å². The van der Waals surface area contributed by atoms with Gasteiger partial charge >= 0.3 is 5.97 Å². The van der Waals surface area contributed by atoms with E-state index in [2.05, 4.69) is 4.98 Å². The van der Waals surface area contributed by atoms with Gasteiger partial charge in [-0.1, -0.05) is 12.1 Å². The lowest BCUT2D eigenvalue weighted by Gasteiger charge is -1.90. The molecule has 5 heteroatoms. The average molecular weight is 261 g/mol. The van der Waals surface area contributed by atoms with E-state index in [0.717, 1.165) is 10.3 Å². The molecule has 2 aromatic heterocycles. The SMILES string of the molecule is O=C(O)c1ccc(-c2cc3cccc(F)c3s2)[nH]1. The number of nitrogens with one attached hydrogen (secondary N) is 1. The van der Waals surface area contributed by atoms with E-state index in [1.165, 1.54) is 23.5 Å². The van der Waals surface area contributed by atoms with Crippen molar-refractivity contribution < 1.29 is 14.3 Å². The zero-order valence-electron chi connectivity index (χ0n) is 9.11. The van der Waals surface area contributed by atoms with Crippen molar-refractivity contribution in [2.75, 3.05) is 0 Å². The summed E-state index contributed by atoms with van der Waals surface area (Å²) in [6.45, 7) is 0. The first-order chi connectivity index (χ1) is 8.65. The highest BCUT2D eigenvalue weighted by Crippen LogP contribution is 2.34. The Morgan fingerprint density at radius 3 is 2.78 bits per heavy atom. The van der Waals surface area contributed by atoms with Crippen molar-refractivity contribution in [2.24, 2.45) is 0 Å². The van der Waals surface area contributed by atoms with E-state index in [-0.39, 0.29) is 11.5 Å². The number of carbonyl (C=O) groups is 1. The Labute approximate surface area is 106 Å². The van der Waals surface area contributed by atoms with Gasteiger partial charge in [0, 0.05) is 0 Å². The van der Waals surface area contributed by atoms with E-state index < -0.39 is 5.97 Å². The minimum atomic E-state index is -1.01. The van der Waals surface area contributed by atoms with E-state index >= 15 is 0 Å². The third-order valence-electron chi connectivity index (χ3n) is 2.68. The van der Waals surface area contributed by atoms with Gasteiger partial charge in [0.25, 0.3) is 0 Å². The number of carboxylic acids is 1. The molecule has 0 aliphatic carbocycles. The fourth-order valence-electron chi connectivity index (χ4n) is 1.82. The molecule has 2 N–H and O–H groups in total. The van der Waals surface area contributed by atoms with Crippen molar-refractivity contribution in [1.82, 2.24) is 4.98 Å². The van der Waals surface area contributed by atoms with Gasteiger partial charge in [0.1, 0.15) is 11.5 Å². The molecule has 0 saturated carbocycles. The molecule has 0 amide bonds. The van der Waals surface area contributed by atoms with Gasteiger partial charge in [0.15, 0.2) is 0 Å². The Morgan fingerprint density at radius 2 is 2.11 bits per heavy atom. The predicted octanol–water partition coefficient (Wildman–Crippen LogP) is 3.73.